The fourth-order valence-electron chi connectivity index (χ4n) is 1.46. The molecule has 106 valence electrons. The predicted octanol–water partition coefficient (Wildman–Crippen LogP) is 4.19. The predicted molar refractivity (Wildman–Crippen MR) is 55.8 cm³/mol. The molecule has 0 N–H and O–H groups in total. The zero-order valence-corrected chi connectivity index (χ0v) is 9.90. The molecule has 0 amide bonds. The molecular formula is C11H7ClF6O. The van der Waals surface area contributed by atoms with Crippen molar-refractivity contribution in [3.8, 4) is 0 Å². The largest absolute Gasteiger partial charge is 0.407 e. The van der Waals surface area contributed by atoms with E-state index in [4.69, 9.17) is 11.6 Å². The quantitative estimate of drug-likeness (QED) is 0.765. The molecule has 19 heavy (non-hydrogen) atoms. The van der Waals surface area contributed by atoms with Gasteiger partial charge < -0.3 is 0 Å². The normalized spacial score (nSPS) is 12.8. The minimum absolute atomic E-state index is 0.0351. The summed E-state index contributed by atoms with van der Waals surface area (Å²) in [5.41, 5.74) is 0.0351. The first-order valence-electron chi connectivity index (χ1n) is 4.92. The van der Waals surface area contributed by atoms with Crippen molar-refractivity contribution in [2.24, 2.45) is 5.92 Å². The number of alkyl halides is 6. The summed E-state index contributed by atoms with van der Waals surface area (Å²) < 4.78 is 73.6. The molecule has 0 aromatic heterocycles. The molecule has 1 aromatic rings. The van der Waals surface area contributed by atoms with Gasteiger partial charge in [0.2, 0.25) is 5.92 Å². The number of Topliss-reactive ketones (excluding diaryl/α,β-unsaturated/α-hetero) is 1. The monoisotopic (exact) mass is 304 g/mol. The van der Waals surface area contributed by atoms with Gasteiger partial charge in [0.1, 0.15) is 0 Å². The molecule has 0 heterocycles. The van der Waals surface area contributed by atoms with Gasteiger partial charge in [-0.1, -0.05) is 23.7 Å². The van der Waals surface area contributed by atoms with Crippen LogP contribution < -0.4 is 0 Å². The molecule has 1 aromatic carbocycles. The third-order valence-corrected chi connectivity index (χ3v) is 2.52. The average molecular weight is 305 g/mol. The van der Waals surface area contributed by atoms with Crippen molar-refractivity contribution < 1.29 is 31.1 Å². The van der Waals surface area contributed by atoms with E-state index in [9.17, 15) is 31.1 Å². The first-order valence-corrected chi connectivity index (χ1v) is 5.30. The van der Waals surface area contributed by atoms with Crippen LogP contribution in [0, 0.1) is 5.92 Å². The molecule has 0 atom stereocenters. The number of rotatable bonds is 3. The van der Waals surface area contributed by atoms with Crippen molar-refractivity contribution in [2.75, 3.05) is 0 Å². The molecule has 0 saturated heterocycles. The fourth-order valence-corrected chi connectivity index (χ4v) is 1.58. The Labute approximate surface area is 109 Å². The Kier molecular flexibility index (Phi) is 4.50. The summed E-state index contributed by atoms with van der Waals surface area (Å²) in [6.07, 6.45) is -12.3. The minimum Gasteiger partial charge on any atom is -0.298 e. The Morgan fingerprint density at radius 3 is 1.79 bits per heavy atom. The highest BCUT2D eigenvalue weighted by Gasteiger charge is 2.60. The van der Waals surface area contributed by atoms with E-state index in [0.29, 0.717) is 0 Å². The standard InChI is InChI=1S/C11H7ClF6O/c12-7-3-1-6(2-4-7)5-8(19)9(10(13,14)15)11(16,17)18/h1-4,9H,5H2. The zero-order valence-electron chi connectivity index (χ0n) is 9.15. The van der Waals surface area contributed by atoms with E-state index < -0.39 is 30.5 Å². The lowest BCUT2D eigenvalue weighted by atomic mass is 9.97. The molecule has 0 saturated carbocycles. The highest BCUT2D eigenvalue weighted by molar-refractivity contribution is 6.30. The Hall–Kier alpha value is -1.24. The number of carbonyl (C=O) groups excluding carboxylic acids is 1. The van der Waals surface area contributed by atoms with Gasteiger partial charge in [0, 0.05) is 11.4 Å². The van der Waals surface area contributed by atoms with Crippen molar-refractivity contribution in [1.82, 2.24) is 0 Å². The lowest BCUT2D eigenvalue weighted by Crippen LogP contribution is -2.43. The van der Waals surface area contributed by atoms with Gasteiger partial charge in [-0.15, -0.1) is 0 Å². The lowest BCUT2D eigenvalue weighted by Gasteiger charge is -2.21. The van der Waals surface area contributed by atoms with Crippen LogP contribution in [0.2, 0.25) is 5.02 Å². The summed E-state index contributed by atoms with van der Waals surface area (Å²) >= 11 is 5.51. The van der Waals surface area contributed by atoms with Crippen LogP contribution in [-0.2, 0) is 11.2 Å². The van der Waals surface area contributed by atoms with Gasteiger partial charge in [-0.2, -0.15) is 26.3 Å². The lowest BCUT2D eigenvalue weighted by molar-refractivity contribution is -0.273. The number of benzene rings is 1. The van der Waals surface area contributed by atoms with E-state index in [1.807, 2.05) is 0 Å². The van der Waals surface area contributed by atoms with Crippen LogP contribution in [0.3, 0.4) is 0 Å². The summed E-state index contributed by atoms with van der Waals surface area (Å²) in [6.45, 7) is 0. The molecule has 0 aliphatic carbocycles. The molecule has 0 bridgehead atoms. The van der Waals surface area contributed by atoms with E-state index in [1.165, 1.54) is 24.3 Å². The highest BCUT2D eigenvalue weighted by atomic mass is 35.5. The highest BCUT2D eigenvalue weighted by Crippen LogP contribution is 2.40. The summed E-state index contributed by atoms with van der Waals surface area (Å²) in [5.74, 6) is -5.90. The maximum absolute atomic E-state index is 12.3. The van der Waals surface area contributed by atoms with Crippen LogP contribution in [0.1, 0.15) is 5.56 Å². The smallest absolute Gasteiger partial charge is 0.298 e. The van der Waals surface area contributed by atoms with Crippen molar-refractivity contribution in [1.29, 1.82) is 0 Å². The number of hydrogen-bond acceptors (Lipinski definition) is 1. The molecule has 1 nitrogen and oxygen atoms in total. The molecule has 1 rings (SSSR count). The summed E-state index contributed by atoms with van der Waals surface area (Å²) in [5, 5.41) is 0.263. The van der Waals surface area contributed by atoms with Crippen molar-refractivity contribution in [3.05, 3.63) is 34.9 Å². The van der Waals surface area contributed by atoms with Gasteiger partial charge in [0.25, 0.3) is 0 Å². The number of carbonyl (C=O) groups is 1. The molecule has 0 aliphatic rings. The first-order chi connectivity index (χ1) is 8.51. The topological polar surface area (TPSA) is 17.1 Å². The Morgan fingerprint density at radius 2 is 1.42 bits per heavy atom. The summed E-state index contributed by atoms with van der Waals surface area (Å²) in [4.78, 5) is 11.2. The van der Waals surface area contributed by atoms with Crippen molar-refractivity contribution in [2.45, 2.75) is 18.8 Å². The maximum Gasteiger partial charge on any atom is 0.407 e. The van der Waals surface area contributed by atoms with Crippen LogP contribution in [0.5, 0.6) is 0 Å². The molecule has 0 spiro atoms. The maximum atomic E-state index is 12.3. The van der Waals surface area contributed by atoms with Crippen LogP contribution >= 0.6 is 11.6 Å². The molecule has 0 fully saturated rings. The summed E-state index contributed by atoms with van der Waals surface area (Å²) in [7, 11) is 0. The summed E-state index contributed by atoms with van der Waals surface area (Å²) in [6, 6.07) is 4.95. The molecule has 8 heteroatoms. The van der Waals surface area contributed by atoms with Crippen LogP contribution in [0.25, 0.3) is 0 Å². The zero-order chi connectivity index (χ0) is 14.8. The molecular weight excluding hydrogens is 298 g/mol. The van der Waals surface area contributed by atoms with E-state index in [0.717, 1.165) is 0 Å². The third kappa shape index (κ3) is 4.41. The molecule has 0 radical (unpaired) electrons. The molecule has 0 unspecified atom stereocenters. The number of halogens is 7. The average Bonchev–Trinajstić information content (AvgIpc) is 2.16. The van der Waals surface area contributed by atoms with E-state index in [1.54, 1.807) is 0 Å². The van der Waals surface area contributed by atoms with Crippen LogP contribution in [0.15, 0.2) is 24.3 Å². The van der Waals surface area contributed by atoms with Gasteiger partial charge in [0.15, 0.2) is 5.78 Å². The number of hydrogen-bond donors (Lipinski definition) is 0. The fraction of sp³-hybridized carbons (Fsp3) is 0.364. The first kappa shape index (κ1) is 15.8. The van der Waals surface area contributed by atoms with Gasteiger partial charge in [-0.25, -0.2) is 0 Å². The second-order valence-electron chi connectivity index (χ2n) is 3.79. The van der Waals surface area contributed by atoms with Crippen LogP contribution in [0.4, 0.5) is 26.3 Å². The van der Waals surface area contributed by atoms with Gasteiger partial charge in [0.05, 0.1) is 0 Å². The minimum atomic E-state index is -5.65. The van der Waals surface area contributed by atoms with Gasteiger partial charge in [-0.3, -0.25) is 4.79 Å². The Morgan fingerprint density at radius 1 is 1.00 bits per heavy atom. The van der Waals surface area contributed by atoms with Gasteiger partial charge >= 0.3 is 12.4 Å². The number of ketones is 1. The van der Waals surface area contributed by atoms with Crippen molar-refractivity contribution in [3.63, 3.8) is 0 Å². The van der Waals surface area contributed by atoms with Crippen LogP contribution in [-0.4, -0.2) is 18.1 Å². The van der Waals surface area contributed by atoms with E-state index >= 15 is 0 Å². The molecule has 0 aliphatic heterocycles. The van der Waals surface area contributed by atoms with Gasteiger partial charge in [-0.05, 0) is 17.7 Å². The van der Waals surface area contributed by atoms with E-state index in [-0.39, 0.29) is 10.6 Å². The Bertz CT molecular complexity index is 434. The SMILES string of the molecule is O=C(Cc1ccc(Cl)cc1)C(C(F)(F)F)C(F)(F)F. The third-order valence-electron chi connectivity index (χ3n) is 2.27. The van der Waals surface area contributed by atoms with Crippen molar-refractivity contribution >= 4 is 17.4 Å². The Balaban J connectivity index is 2.93. The second-order valence-corrected chi connectivity index (χ2v) is 4.22. The second kappa shape index (κ2) is 5.40. The van der Waals surface area contributed by atoms with E-state index in [2.05, 4.69) is 0 Å².